The number of rotatable bonds is 8. The van der Waals surface area contributed by atoms with Crippen molar-refractivity contribution in [2.24, 2.45) is 0 Å². The van der Waals surface area contributed by atoms with Crippen molar-refractivity contribution in [2.45, 2.75) is 52.0 Å². The number of aryl methyl sites for hydroxylation is 1. The number of para-hydroxylation sites is 1. The summed E-state index contributed by atoms with van der Waals surface area (Å²) in [5.74, 6) is 0. The highest BCUT2D eigenvalue weighted by Crippen LogP contribution is 2.18. The Morgan fingerprint density at radius 1 is 1.10 bits per heavy atom. The molecule has 0 aliphatic rings. The third-order valence-electron chi connectivity index (χ3n) is 3.87. The lowest BCUT2D eigenvalue weighted by Crippen LogP contribution is -2.28. The number of pyridine rings is 1. The maximum Gasteiger partial charge on any atom is 0.0704 e. The molecule has 2 nitrogen and oxygen atoms in total. The Balaban J connectivity index is 1.95. The highest BCUT2D eigenvalue weighted by Gasteiger charge is 2.07. The van der Waals surface area contributed by atoms with Gasteiger partial charge < -0.3 is 5.32 Å². The third kappa shape index (κ3) is 4.04. The minimum atomic E-state index is 0.679. The fourth-order valence-corrected chi connectivity index (χ4v) is 2.90. The molecule has 0 saturated heterocycles. The number of benzene rings is 1. The van der Waals surface area contributed by atoms with Crippen LogP contribution < -0.4 is 5.32 Å². The van der Waals surface area contributed by atoms with Crippen molar-refractivity contribution in [3.8, 4) is 0 Å². The van der Waals surface area contributed by atoms with E-state index in [0.29, 0.717) is 6.04 Å². The summed E-state index contributed by atoms with van der Waals surface area (Å²) in [5.41, 5.74) is 2.55. The van der Waals surface area contributed by atoms with E-state index in [0.717, 1.165) is 18.5 Å². The second-order valence-electron chi connectivity index (χ2n) is 5.42. The molecule has 0 saturated carbocycles. The Kier molecular flexibility index (Phi) is 6.00. The van der Waals surface area contributed by atoms with E-state index in [-0.39, 0.29) is 0 Å². The molecular formula is C18H26N2. The van der Waals surface area contributed by atoms with Crippen LogP contribution >= 0.6 is 0 Å². The van der Waals surface area contributed by atoms with E-state index in [1.807, 2.05) is 6.20 Å². The van der Waals surface area contributed by atoms with Crippen molar-refractivity contribution in [1.29, 1.82) is 0 Å². The van der Waals surface area contributed by atoms with Crippen molar-refractivity contribution in [3.05, 3.63) is 42.1 Å². The molecule has 0 aliphatic heterocycles. The molecule has 0 spiro atoms. The van der Waals surface area contributed by atoms with Crippen LogP contribution in [0.2, 0.25) is 0 Å². The minimum Gasteiger partial charge on any atom is -0.314 e. The summed E-state index contributed by atoms with van der Waals surface area (Å²) in [6.45, 7) is 5.53. The lowest BCUT2D eigenvalue weighted by atomic mass is 9.99. The number of nitrogens with zero attached hydrogens (tertiary/aromatic N) is 1. The van der Waals surface area contributed by atoms with Gasteiger partial charge in [-0.2, -0.15) is 0 Å². The lowest BCUT2D eigenvalue weighted by Gasteiger charge is -2.17. The summed E-state index contributed by atoms with van der Waals surface area (Å²) in [4.78, 5) is 4.43. The average molecular weight is 270 g/mol. The fourth-order valence-electron chi connectivity index (χ4n) is 2.90. The summed E-state index contributed by atoms with van der Waals surface area (Å²) in [7, 11) is 0. The molecule has 0 fully saturated rings. The number of hydrogen-bond donors (Lipinski definition) is 1. The van der Waals surface area contributed by atoms with Crippen LogP contribution in [0.1, 0.15) is 45.1 Å². The second kappa shape index (κ2) is 8.01. The maximum atomic E-state index is 4.43. The van der Waals surface area contributed by atoms with Gasteiger partial charge >= 0.3 is 0 Å². The van der Waals surface area contributed by atoms with Crippen LogP contribution in [-0.4, -0.2) is 17.6 Å². The lowest BCUT2D eigenvalue weighted by molar-refractivity contribution is 0.448. The van der Waals surface area contributed by atoms with Crippen LogP contribution in [-0.2, 0) is 6.42 Å². The monoisotopic (exact) mass is 270 g/mol. The Morgan fingerprint density at radius 2 is 1.95 bits per heavy atom. The minimum absolute atomic E-state index is 0.679. The molecule has 1 N–H and O–H groups in total. The predicted molar refractivity (Wildman–Crippen MR) is 87.1 cm³/mol. The van der Waals surface area contributed by atoms with Gasteiger partial charge in [0.1, 0.15) is 0 Å². The topological polar surface area (TPSA) is 24.9 Å². The molecule has 20 heavy (non-hydrogen) atoms. The first-order valence-corrected chi connectivity index (χ1v) is 7.91. The zero-order chi connectivity index (χ0) is 14.2. The molecule has 0 radical (unpaired) electrons. The molecule has 1 aromatic carbocycles. The van der Waals surface area contributed by atoms with Gasteiger partial charge in [-0.3, -0.25) is 4.98 Å². The second-order valence-corrected chi connectivity index (χ2v) is 5.42. The summed E-state index contributed by atoms with van der Waals surface area (Å²) < 4.78 is 0. The summed E-state index contributed by atoms with van der Waals surface area (Å²) in [5, 5.41) is 4.91. The molecule has 108 valence electrons. The Labute approximate surface area is 122 Å². The molecule has 2 aromatic rings. The predicted octanol–water partition coefficient (Wildman–Crippen LogP) is 4.34. The Bertz CT molecular complexity index is 510. The van der Waals surface area contributed by atoms with Crippen LogP contribution in [0.5, 0.6) is 0 Å². The van der Waals surface area contributed by atoms with Crippen LogP contribution in [0, 0.1) is 0 Å². The summed E-state index contributed by atoms with van der Waals surface area (Å²) in [6.07, 6.45) is 8.13. The zero-order valence-corrected chi connectivity index (χ0v) is 12.7. The van der Waals surface area contributed by atoms with Gasteiger partial charge in [-0.1, -0.05) is 38.5 Å². The zero-order valence-electron chi connectivity index (χ0n) is 12.7. The van der Waals surface area contributed by atoms with Gasteiger partial charge in [0, 0.05) is 17.6 Å². The first kappa shape index (κ1) is 15.0. The number of aromatic nitrogens is 1. The molecule has 0 aliphatic carbocycles. The summed E-state index contributed by atoms with van der Waals surface area (Å²) in [6, 6.07) is 11.3. The van der Waals surface area contributed by atoms with Crippen molar-refractivity contribution < 1.29 is 0 Å². The largest absolute Gasteiger partial charge is 0.314 e. The summed E-state index contributed by atoms with van der Waals surface area (Å²) >= 11 is 0. The Morgan fingerprint density at radius 3 is 2.75 bits per heavy atom. The molecule has 2 rings (SSSR count). The molecule has 2 heteroatoms. The van der Waals surface area contributed by atoms with Crippen LogP contribution in [0.25, 0.3) is 10.9 Å². The molecule has 0 amide bonds. The number of hydrogen-bond acceptors (Lipinski definition) is 2. The molecule has 1 unspecified atom stereocenters. The van der Waals surface area contributed by atoms with E-state index in [9.17, 15) is 0 Å². The van der Waals surface area contributed by atoms with Gasteiger partial charge in [0.25, 0.3) is 0 Å². The van der Waals surface area contributed by atoms with E-state index >= 15 is 0 Å². The SMILES string of the molecule is CCCC(CCCc1ccnc2ccccc12)NCC. The van der Waals surface area contributed by atoms with Gasteiger partial charge in [-0.05, 0) is 49.9 Å². The van der Waals surface area contributed by atoms with Crippen molar-refractivity contribution >= 4 is 10.9 Å². The van der Waals surface area contributed by atoms with Crippen molar-refractivity contribution in [3.63, 3.8) is 0 Å². The molecular weight excluding hydrogens is 244 g/mol. The Hall–Kier alpha value is -1.41. The fraction of sp³-hybridized carbons (Fsp3) is 0.500. The average Bonchev–Trinajstić information content (AvgIpc) is 2.48. The highest BCUT2D eigenvalue weighted by molar-refractivity contribution is 5.81. The first-order valence-electron chi connectivity index (χ1n) is 7.91. The number of fused-ring (bicyclic) bond motifs is 1. The van der Waals surface area contributed by atoms with Crippen molar-refractivity contribution in [1.82, 2.24) is 10.3 Å². The quantitative estimate of drug-likeness (QED) is 0.772. The van der Waals surface area contributed by atoms with Gasteiger partial charge in [0.2, 0.25) is 0 Å². The van der Waals surface area contributed by atoms with Crippen LogP contribution in [0.4, 0.5) is 0 Å². The van der Waals surface area contributed by atoms with Gasteiger partial charge in [0.15, 0.2) is 0 Å². The van der Waals surface area contributed by atoms with Crippen LogP contribution in [0.15, 0.2) is 36.5 Å². The van der Waals surface area contributed by atoms with Crippen molar-refractivity contribution in [2.75, 3.05) is 6.54 Å². The maximum absolute atomic E-state index is 4.43. The number of nitrogens with one attached hydrogen (secondary N) is 1. The van der Waals surface area contributed by atoms with E-state index in [4.69, 9.17) is 0 Å². The van der Waals surface area contributed by atoms with E-state index in [2.05, 4.69) is 54.5 Å². The molecule has 1 aromatic heterocycles. The molecule has 0 bridgehead atoms. The van der Waals surface area contributed by atoms with Gasteiger partial charge in [0.05, 0.1) is 5.52 Å². The molecule has 1 heterocycles. The smallest absolute Gasteiger partial charge is 0.0704 e. The van der Waals surface area contributed by atoms with E-state index in [1.54, 1.807) is 0 Å². The third-order valence-corrected chi connectivity index (χ3v) is 3.87. The van der Waals surface area contributed by atoms with E-state index < -0.39 is 0 Å². The van der Waals surface area contributed by atoms with Crippen LogP contribution in [0.3, 0.4) is 0 Å². The standard InChI is InChI=1S/C18H26N2/c1-3-8-16(19-4-2)10-7-9-15-13-14-20-18-12-6-5-11-17(15)18/h5-6,11-14,16,19H,3-4,7-10H2,1-2H3. The normalized spacial score (nSPS) is 12.7. The first-order chi connectivity index (χ1) is 9.85. The van der Waals surface area contributed by atoms with Gasteiger partial charge in [-0.25, -0.2) is 0 Å². The highest BCUT2D eigenvalue weighted by atomic mass is 14.9. The van der Waals surface area contributed by atoms with E-state index in [1.165, 1.54) is 36.6 Å². The molecule has 1 atom stereocenters. The van der Waals surface area contributed by atoms with Gasteiger partial charge in [-0.15, -0.1) is 0 Å².